The molecule has 1 heterocycles. The molecule has 1 amide bonds. The molecule has 0 unspecified atom stereocenters. The van der Waals surface area contributed by atoms with Crippen molar-refractivity contribution in [2.45, 2.75) is 31.2 Å². The Morgan fingerprint density at radius 3 is 1.95 bits per heavy atom. The first-order valence-electron chi connectivity index (χ1n) is 12.2. The van der Waals surface area contributed by atoms with Crippen LogP contribution in [0.25, 0.3) is 11.1 Å². The summed E-state index contributed by atoms with van der Waals surface area (Å²) in [4.78, 5) is 19.5. The average Bonchev–Trinajstić information content (AvgIpc) is 2.94. The second-order valence-electron chi connectivity index (χ2n) is 8.93. The second-order valence-corrected chi connectivity index (χ2v) is 10.0. The lowest BCUT2D eigenvalue weighted by atomic mass is 9.94. The van der Waals surface area contributed by atoms with Gasteiger partial charge in [0.2, 0.25) is 5.91 Å². The van der Waals surface area contributed by atoms with E-state index in [1.54, 1.807) is 4.90 Å². The van der Waals surface area contributed by atoms with Gasteiger partial charge in [-0.1, -0.05) is 74.5 Å². The molecule has 6 nitrogen and oxygen atoms in total. The van der Waals surface area contributed by atoms with Crippen molar-refractivity contribution in [2.75, 3.05) is 16.4 Å². The molecule has 0 spiro atoms. The maximum Gasteiger partial charge on any atom is 0.232 e. The minimum absolute atomic E-state index is 0.0680. The van der Waals surface area contributed by atoms with Gasteiger partial charge in [0.1, 0.15) is 28.5 Å². The summed E-state index contributed by atoms with van der Waals surface area (Å²) in [6, 6.07) is 31.1. The van der Waals surface area contributed by atoms with Crippen LogP contribution in [0.1, 0.15) is 42.9 Å². The molecule has 0 atom stereocenters. The second kappa shape index (κ2) is 12.1. The van der Waals surface area contributed by atoms with Crippen molar-refractivity contribution in [3.8, 4) is 23.3 Å². The summed E-state index contributed by atoms with van der Waals surface area (Å²) in [7, 11) is 0. The molecule has 4 rings (SSSR count). The monoisotopic (exact) mass is 517 g/mol. The molecule has 0 saturated heterocycles. The maximum atomic E-state index is 13.4. The number of pyridine rings is 1. The van der Waals surface area contributed by atoms with Crippen molar-refractivity contribution in [1.29, 1.82) is 10.5 Å². The topological polar surface area (TPSA) is 107 Å². The zero-order chi connectivity index (χ0) is 27.1. The van der Waals surface area contributed by atoms with E-state index < -0.39 is 0 Å². The molecule has 0 aliphatic heterocycles. The van der Waals surface area contributed by atoms with Crippen LogP contribution < -0.4 is 10.6 Å². The van der Waals surface area contributed by atoms with Crippen molar-refractivity contribution in [3.63, 3.8) is 0 Å². The van der Waals surface area contributed by atoms with E-state index in [2.05, 4.69) is 31.0 Å². The van der Waals surface area contributed by atoms with Gasteiger partial charge in [0, 0.05) is 29.1 Å². The Kier molecular flexibility index (Phi) is 8.43. The van der Waals surface area contributed by atoms with E-state index in [1.165, 1.54) is 11.8 Å². The summed E-state index contributed by atoms with van der Waals surface area (Å²) >= 11 is 1.29. The number of nitriles is 2. The van der Waals surface area contributed by atoms with Gasteiger partial charge in [-0.3, -0.25) is 9.69 Å². The van der Waals surface area contributed by atoms with Crippen molar-refractivity contribution in [1.82, 2.24) is 4.98 Å². The number of nitrogens with two attached hydrogens (primary N) is 1. The molecule has 0 aliphatic carbocycles. The van der Waals surface area contributed by atoms with Gasteiger partial charge in [0.25, 0.3) is 0 Å². The van der Waals surface area contributed by atoms with Crippen LogP contribution in [0, 0.1) is 22.7 Å². The van der Waals surface area contributed by atoms with Gasteiger partial charge in [-0.25, -0.2) is 4.98 Å². The highest BCUT2D eigenvalue weighted by Crippen LogP contribution is 2.36. The number of anilines is 3. The van der Waals surface area contributed by atoms with E-state index in [-0.39, 0.29) is 29.3 Å². The summed E-state index contributed by atoms with van der Waals surface area (Å²) in [5.41, 5.74) is 10.6. The van der Waals surface area contributed by atoms with Crippen LogP contribution in [-0.2, 0) is 4.79 Å². The molecule has 0 saturated carbocycles. The highest BCUT2D eigenvalue weighted by molar-refractivity contribution is 7.99. The minimum atomic E-state index is -0.0838. The van der Waals surface area contributed by atoms with Crippen molar-refractivity contribution in [2.24, 2.45) is 0 Å². The van der Waals surface area contributed by atoms with E-state index in [9.17, 15) is 15.3 Å². The number of aromatic nitrogens is 1. The Morgan fingerprint density at radius 2 is 1.45 bits per heavy atom. The number of nitrogens with zero attached hydrogens (tertiary/aromatic N) is 4. The first-order chi connectivity index (χ1) is 18.4. The Hall–Kier alpha value is -4.59. The molecule has 4 aromatic rings. The number of thioether (sulfide) groups is 1. The molecule has 0 aliphatic rings. The van der Waals surface area contributed by atoms with Crippen LogP contribution in [0.4, 0.5) is 17.2 Å². The molecule has 1 aromatic heterocycles. The molecule has 38 heavy (non-hydrogen) atoms. The normalized spacial score (nSPS) is 10.6. The summed E-state index contributed by atoms with van der Waals surface area (Å²) in [6.45, 7) is 4.21. The number of benzene rings is 3. The largest absolute Gasteiger partial charge is 0.383 e. The third kappa shape index (κ3) is 5.70. The molecule has 0 radical (unpaired) electrons. The Morgan fingerprint density at radius 1 is 0.895 bits per heavy atom. The number of carbonyl (C=O) groups excluding carboxylic acids is 1. The fourth-order valence-electron chi connectivity index (χ4n) is 4.16. The molecule has 0 bridgehead atoms. The van der Waals surface area contributed by atoms with Crippen molar-refractivity contribution >= 4 is 34.9 Å². The van der Waals surface area contributed by atoms with Crippen LogP contribution >= 0.6 is 11.8 Å². The molecule has 3 aromatic carbocycles. The van der Waals surface area contributed by atoms with Gasteiger partial charge >= 0.3 is 0 Å². The number of amides is 1. The fraction of sp³-hybridized carbons (Fsp3) is 0.161. The lowest BCUT2D eigenvalue weighted by molar-refractivity contribution is -0.117. The van der Waals surface area contributed by atoms with E-state index in [0.29, 0.717) is 22.3 Å². The van der Waals surface area contributed by atoms with Gasteiger partial charge in [0.05, 0.1) is 5.56 Å². The summed E-state index contributed by atoms with van der Waals surface area (Å²) < 4.78 is 0. The summed E-state index contributed by atoms with van der Waals surface area (Å²) in [5.74, 6) is 0.721. The standard InChI is InChI=1S/C31H27N5OS/c1-21(2)22-13-15-23(16-14-22)29-26(19-32)30(34)35-31(27(29)20-33)38-18-17-28(37)36(24-9-5-3-6-10-24)25-11-7-4-8-12-25/h3-16,21H,17-18H2,1-2H3,(H2,34,35). The highest BCUT2D eigenvalue weighted by atomic mass is 32.2. The number of hydrogen-bond acceptors (Lipinski definition) is 6. The van der Waals surface area contributed by atoms with E-state index in [1.807, 2.05) is 84.9 Å². The molecule has 0 fully saturated rings. The predicted molar refractivity (Wildman–Crippen MR) is 153 cm³/mol. The number of hydrogen-bond donors (Lipinski definition) is 1. The van der Waals surface area contributed by atoms with E-state index in [4.69, 9.17) is 5.73 Å². The van der Waals surface area contributed by atoms with Crippen LogP contribution in [0.5, 0.6) is 0 Å². The molecular weight excluding hydrogens is 490 g/mol. The predicted octanol–water partition coefficient (Wildman–Crippen LogP) is 7.04. The van der Waals surface area contributed by atoms with Gasteiger partial charge < -0.3 is 5.73 Å². The summed E-state index contributed by atoms with van der Waals surface area (Å²) in [6.07, 6.45) is 0.208. The third-order valence-corrected chi connectivity index (χ3v) is 7.09. The zero-order valence-electron chi connectivity index (χ0n) is 21.3. The maximum absolute atomic E-state index is 13.4. The molecule has 188 valence electrons. The quantitative estimate of drug-likeness (QED) is 0.251. The van der Waals surface area contributed by atoms with Crippen LogP contribution in [0.15, 0.2) is 90.0 Å². The summed E-state index contributed by atoms with van der Waals surface area (Å²) in [5, 5.41) is 20.3. The highest BCUT2D eigenvalue weighted by Gasteiger charge is 2.22. The first kappa shape index (κ1) is 26.5. The van der Waals surface area contributed by atoms with Gasteiger partial charge in [-0.2, -0.15) is 10.5 Å². The van der Waals surface area contributed by atoms with Crippen molar-refractivity contribution < 1.29 is 4.79 Å². The SMILES string of the molecule is CC(C)c1ccc(-c2c(C#N)c(N)nc(SCCC(=O)N(c3ccccc3)c3ccccc3)c2C#N)cc1. The van der Waals surface area contributed by atoms with E-state index >= 15 is 0 Å². The number of carbonyl (C=O) groups is 1. The average molecular weight is 518 g/mol. The Bertz CT molecular complexity index is 1470. The Balaban J connectivity index is 1.61. The van der Waals surface area contributed by atoms with E-state index in [0.717, 1.165) is 22.5 Å². The fourth-order valence-corrected chi connectivity index (χ4v) is 5.09. The zero-order valence-corrected chi connectivity index (χ0v) is 22.1. The third-order valence-electron chi connectivity index (χ3n) is 6.11. The smallest absolute Gasteiger partial charge is 0.232 e. The van der Waals surface area contributed by atoms with Gasteiger partial charge in [-0.05, 0) is 41.3 Å². The molecule has 2 N–H and O–H groups in total. The molecule has 7 heteroatoms. The van der Waals surface area contributed by atoms with Crippen molar-refractivity contribution in [3.05, 3.63) is 102 Å². The van der Waals surface area contributed by atoms with Crippen LogP contribution in [0.3, 0.4) is 0 Å². The van der Waals surface area contributed by atoms with Gasteiger partial charge in [-0.15, -0.1) is 11.8 Å². The minimum Gasteiger partial charge on any atom is -0.383 e. The van der Waals surface area contributed by atoms with Gasteiger partial charge in [0.15, 0.2) is 0 Å². The lowest BCUT2D eigenvalue weighted by Crippen LogP contribution is -2.26. The lowest BCUT2D eigenvalue weighted by Gasteiger charge is -2.23. The first-order valence-corrected chi connectivity index (χ1v) is 13.2. The number of nitrogen functional groups attached to an aromatic ring is 1. The number of rotatable bonds is 8. The molecular formula is C31H27N5OS. The van der Waals surface area contributed by atoms with Crippen LogP contribution in [-0.4, -0.2) is 16.6 Å². The Labute approximate surface area is 227 Å². The van der Waals surface area contributed by atoms with Crippen LogP contribution in [0.2, 0.25) is 0 Å². The number of para-hydroxylation sites is 2.